The van der Waals surface area contributed by atoms with Gasteiger partial charge in [-0.1, -0.05) is 28.1 Å². The molecule has 0 radical (unpaired) electrons. The molecule has 2 aromatic rings. The van der Waals surface area contributed by atoms with Gasteiger partial charge in [-0.05, 0) is 55.3 Å². The van der Waals surface area contributed by atoms with E-state index in [2.05, 4.69) is 44.2 Å². The lowest BCUT2D eigenvalue weighted by molar-refractivity contribution is -0.117. The van der Waals surface area contributed by atoms with Crippen molar-refractivity contribution in [3.8, 4) is 5.75 Å². The van der Waals surface area contributed by atoms with E-state index in [0.717, 1.165) is 21.5 Å². The maximum Gasteiger partial charge on any atom is 0.242 e. The van der Waals surface area contributed by atoms with Crippen LogP contribution in [0.5, 0.6) is 5.75 Å². The summed E-state index contributed by atoms with van der Waals surface area (Å²) in [4.78, 5) is 12.4. The van der Waals surface area contributed by atoms with Crippen molar-refractivity contribution >= 4 is 27.5 Å². The summed E-state index contributed by atoms with van der Waals surface area (Å²) in [5, 5.41) is 2.93. The monoisotopic (exact) mass is 389 g/mol. The second kappa shape index (κ2) is 7.79. The van der Waals surface area contributed by atoms with Crippen LogP contribution in [0.25, 0.3) is 0 Å². The Morgan fingerprint density at radius 3 is 2.54 bits per heavy atom. The highest BCUT2D eigenvalue weighted by atomic mass is 79.9. The number of carbonyl (C=O) groups excluding carboxylic acids is 1. The van der Waals surface area contributed by atoms with Crippen molar-refractivity contribution in [1.29, 1.82) is 0 Å². The first-order chi connectivity index (χ1) is 11.7. The molecule has 1 amide bonds. The summed E-state index contributed by atoms with van der Waals surface area (Å²) in [6, 6.07) is 15.4. The summed E-state index contributed by atoms with van der Waals surface area (Å²) in [6.07, 6.45) is 0.699. The first-order valence-corrected chi connectivity index (χ1v) is 8.75. The van der Waals surface area contributed by atoms with E-state index in [-0.39, 0.29) is 18.0 Å². The Morgan fingerprint density at radius 2 is 1.88 bits per heavy atom. The fourth-order valence-electron chi connectivity index (χ4n) is 2.67. The van der Waals surface area contributed by atoms with Crippen LogP contribution >= 0.6 is 15.9 Å². The molecule has 1 saturated heterocycles. The van der Waals surface area contributed by atoms with Crippen molar-refractivity contribution in [3.63, 3.8) is 0 Å². The lowest BCUT2D eigenvalue weighted by Crippen LogP contribution is -2.39. The molecule has 1 heterocycles. The Hall–Kier alpha value is -1.89. The van der Waals surface area contributed by atoms with Crippen molar-refractivity contribution in [2.75, 3.05) is 11.9 Å². The van der Waals surface area contributed by atoms with Crippen LogP contribution in [0.1, 0.15) is 24.9 Å². The van der Waals surface area contributed by atoms with Crippen LogP contribution in [-0.2, 0) is 4.79 Å². The van der Waals surface area contributed by atoms with Crippen molar-refractivity contribution in [3.05, 3.63) is 58.6 Å². The van der Waals surface area contributed by atoms with E-state index in [1.54, 1.807) is 0 Å². The average Bonchev–Trinajstić information content (AvgIpc) is 3.08. The number of amides is 1. The molecule has 0 saturated carbocycles. The largest absolute Gasteiger partial charge is 0.494 e. The van der Waals surface area contributed by atoms with Gasteiger partial charge in [0.25, 0.3) is 0 Å². The normalized spacial score (nSPS) is 19.9. The molecule has 0 bridgehead atoms. The summed E-state index contributed by atoms with van der Waals surface area (Å²) in [6.45, 7) is 2.57. The Bertz CT molecular complexity index is 688. The Morgan fingerprint density at radius 1 is 1.17 bits per heavy atom. The van der Waals surface area contributed by atoms with E-state index in [0.29, 0.717) is 13.0 Å². The van der Waals surface area contributed by atoms with Gasteiger partial charge in [-0.25, -0.2) is 10.9 Å². The molecule has 3 rings (SSSR count). The van der Waals surface area contributed by atoms with Crippen LogP contribution in [0.3, 0.4) is 0 Å². The molecule has 2 atom stereocenters. The minimum Gasteiger partial charge on any atom is -0.494 e. The number of rotatable bonds is 5. The lowest BCUT2D eigenvalue weighted by Gasteiger charge is -2.11. The van der Waals surface area contributed by atoms with Crippen LogP contribution < -0.4 is 20.9 Å². The van der Waals surface area contributed by atoms with Gasteiger partial charge in [-0.3, -0.25) is 4.79 Å². The van der Waals surface area contributed by atoms with E-state index < -0.39 is 0 Å². The van der Waals surface area contributed by atoms with Gasteiger partial charge in [0, 0.05) is 16.2 Å². The highest BCUT2D eigenvalue weighted by molar-refractivity contribution is 9.10. The third-order valence-corrected chi connectivity index (χ3v) is 4.45. The average molecular weight is 390 g/mol. The Balaban J connectivity index is 1.57. The van der Waals surface area contributed by atoms with E-state index >= 15 is 0 Å². The zero-order valence-corrected chi connectivity index (χ0v) is 15.0. The molecule has 0 spiro atoms. The Kier molecular flexibility index (Phi) is 5.50. The Labute approximate surface area is 149 Å². The number of hydrogen-bond acceptors (Lipinski definition) is 4. The van der Waals surface area contributed by atoms with E-state index in [1.807, 2.05) is 43.3 Å². The zero-order chi connectivity index (χ0) is 16.9. The molecule has 6 heteroatoms. The SMILES string of the molecule is CCOc1ccc(NC(=O)C2CC(c3ccc(Br)cc3)NN2)cc1. The van der Waals surface area contributed by atoms with Gasteiger partial charge in [0.2, 0.25) is 5.91 Å². The topological polar surface area (TPSA) is 62.4 Å². The van der Waals surface area contributed by atoms with E-state index in [9.17, 15) is 4.79 Å². The second-order valence-electron chi connectivity index (χ2n) is 5.63. The molecular weight excluding hydrogens is 370 g/mol. The number of anilines is 1. The smallest absolute Gasteiger partial charge is 0.242 e. The van der Waals surface area contributed by atoms with Crippen molar-refractivity contribution in [2.24, 2.45) is 0 Å². The van der Waals surface area contributed by atoms with Gasteiger partial charge < -0.3 is 10.1 Å². The summed E-state index contributed by atoms with van der Waals surface area (Å²) in [5.41, 5.74) is 8.18. The molecule has 1 aliphatic heterocycles. The van der Waals surface area contributed by atoms with Crippen LogP contribution in [0.2, 0.25) is 0 Å². The standard InChI is InChI=1S/C18H20BrN3O2/c1-2-24-15-9-7-14(8-10-15)20-18(23)17-11-16(21-22-17)12-3-5-13(19)6-4-12/h3-10,16-17,21-22H,2,11H2,1H3,(H,20,23). The van der Waals surface area contributed by atoms with E-state index in [1.165, 1.54) is 0 Å². The maximum atomic E-state index is 12.4. The summed E-state index contributed by atoms with van der Waals surface area (Å²) in [5.74, 6) is 0.748. The second-order valence-corrected chi connectivity index (χ2v) is 6.54. The van der Waals surface area contributed by atoms with Gasteiger partial charge in [-0.15, -0.1) is 0 Å². The van der Waals surface area contributed by atoms with Gasteiger partial charge in [-0.2, -0.15) is 0 Å². The van der Waals surface area contributed by atoms with Crippen molar-refractivity contribution < 1.29 is 9.53 Å². The third kappa shape index (κ3) is 4.14. The fourth-order valence-corrected chi connectivity index (χ4v) is 2.94. The molecule has 2 unspecified atom stereocenters. The molecule has 0 aliphatic carbocycles. The van der Waals surface area contributed by atoms with Crippen LogP contribution in [0.4, 0.5) is 5.69 Å². The predicted molar refractivity (Wildman–Crippen MR) is 97.8 cm³/mol. The number of ether oxygens (including phenoxy) is 1. The summed E-state index contributed by atoms with van der Waals surface area (Å²) in [7, 11) is 0. The van der Waals surface area contributed by atoms with Gasteiger partial charge in [0.1, 0.15) is 11.8 Å². The van der Waals surface area contributed by atoms with E-state index in [4.69, 9.17) is 4.74 Å². The molecular formula is C18H20BrN3O2. The van der Waals surface area contributed by atoms with Gasteiger partial charge >= 0.3 is 0 Å². The quantitative estimate of drug-likeness (QED) is 0.733. The first kappa shape index (κ1) is 17.0. The first-order valence-electron chi connectivity index (χ1n) is 7.96. The van der Waals surface area contributed by atoms with Crippen molar-refractivity contribution in [2.45, 2.75) is 25.4 Å². The highest BCUT2D eigenvalue weighted by Crippen LogP contribution is 2.24. The highest BCUT2D eigenvalue weighted by Gasteiger charge is 2.30. The molecule has 3 N–H and O–H groups in total. The molecule has 126 valence electrons. The third-order valence-electron chi connectivity index (χ3n) is 3.92. The fraction of sp³-hybridized carbons (Fsp3) is 0.278. The number of carbonyl (C=O) groups is 1. The van der Waals surface area contributed by atoms with Crippen molar-refractivity contribution in [1.82, 2.24) is 10.9 Å². The van der Waals surface area contributed by atoms with Gasteiger partial charge in [0.05, 0.1) is 6.61 Å². The number of halogens is 1. The maximum absolute atomic E-state index is 12.4. The van der Waals surface area contributed by atoms with Crippen LogP contribution in [0.15, 0.2) is 53.0 Å². The number of benzene rings is 2. The zero-order valence-electron chi connectivity index (χ0n) is 13.4. The van der Waals surface area contributed by atoms with Crippen LogP contribution in [0, 0.1) is 0 Å². The van der Waals surface area contributed by atoms with Gasteiger partial charge in [0.15, 0.2) is 0 Å². The molecule has 24 heavy (non-hydrogen) atoms. The number of hydrazine groups is 1. The minimum atomic E-state index is -0.273. The molecule has 2 aromatic carbocycles. The molecule has 1 aliphatic rings. The predicted octanol–water partition coefficient (Wildman–Crippen LogP) is 3.39. The summed E-state index contributed by atoms with van der Waals surface area (Å²) < 4.78 is 6.44. The molecule has 1 fully saturated rings. The molecule has 0 aromatic heterocycles. The number of nitrogens with one attached hydrogen (secondary N) is 3. The molecule has 5 nitrogen and oxygen atoms in total. The summed E-state index contributed by atoms with van der Waals surface area (Å²) >= 11 is 3.43. The number of hydrogen-bond donors (Lipinski definition) is 3. The minimum absolute atomic E-state index is 0.0497. The van der Waals surface area contributed by atoms with Crippen LogP contribution in [-0.4, -0.2) is 18.6 Å². The lowest BCUT2D eigenvalue weighted by atomic mass is 10.0.